The number of aromatic nitrogens is 2. The van der Waals surface area contributed by atoms with Crippen molar-refractivity contribution in [1.82, 2.24) is 19.4 Å². The molecule has 0 unspecified atom stereocenters. The summed E-state index contributed by atoms with van der Waals surface area (Å²) in [5.41, 5.74) is 1.97. The smallest absolute Gasteiger partial charge is 0.240 e. The Kier molecular flexibility index (Phi) is 5.03. The molecule has 0 saturated carbocycles. The van der Waals surface area contributed by atoms with Gasteiger partial charge in [0.05, 0.1) is 11.1 Å². The third-order valence-corrected chi connectivity index (χ3v) is 6.06. The summed E-state index contributed by atoms with van der Waals surface area (Å²) in [7, 11) is -1.52. The maximum Gasteiger partial charge on any atom is 0.240 e. The number of sulfonamides is 1. The number of aryl methyl sites for hydroxylation is 2. The highest BCUT2D eigenvalue weighted by Crippen LogP contribution is 2.19. The van der Waals surface area contributed by atoms with Crippen molar-refractivity contribution in [2.24, 2.45) is 13.0 Å². The first kappa shape index (κ1) is 17.1. The lowest BCUT2D eigenvalue weighted by molar-refractivity contribution is 0.316. The maximum absolute atomic E-state index is 12.4. The first-order valence-corrected chi connectivity index (χ1v) is 9.67. The molecule has 3 rings (SSSR count). The zero-order valence-electron chi connectivity index (χ0n) is 14.1. The van der Waals surface area contributed by atoms with E-state index < -0.39 is 10.0 Å². The number of hydrogen-bond acceptors (Lipinski definition) is 4. The van der Waals surface area contributed by atoms with Crippen molar-refractivity contribution in [2.75, 3.05) is 19.6 Å². The number of benzene rings is 1. The minimum absolute atomic E-state index is 0.348. The molecule has 6 nitrogen and oxygen atoms in total. The van der Waals surface area contributed by atoms with Crippen molar-refractivity contribution in [3.63, 3.8) is 0 Å². The second kappa shape index (κ2) is 7.04. The highest BCUT2D eigenvalue weighted by Gasteiger charge is 2.25. The Bertz CT molecular complexity index is 800. The Morgan fingerprint density at radius 1 is 1.33 bits per heavy atom. The Labute approximate surface area is 143 Å². The van der Waals surface area contributed by atoms with Crippen molar-refractivity contribution >= 4 is 10.0 Å². The van der Waals surface area contributed by atoms with Gasteiger partial charge in [-0.1, -0.05) is 18.2 Å². The first-order valence-electron chi connectivity index (χ1n) is 8.19. The molecule has 1 fully saturated rings. The minimum atomic E-state index is -3.43. The number of hydrogen-bond donors (Lipinski definition) is 1. The van der Waals surface area contributed by atoms with Crippen molar-refractivity contribution in [1.29, 1.82) is 0 Å². The fourth-order valence-electron chi connectivity index (χ4n) is 3.20. The summed E-state index contributed by atoms with van der Waals surface area (Å²) >= 11 is 0. The van der Waals surface area contributed by atoms with Crippen LogP contribution in [0.5, 0.6) is 0 Å². The number of nitrogens with zero attached hydrogens (tertiary/aromatic N) is 3. The topological polar surface area (TPSA) is 67.2 Å². The predicted molar refractivity (Wildman–Crippen MR) is 93.0 cm³/mol. The molecule has 1 saturated heterocycles. The Balaban J connectivity index is 1.53. The van der Waals surface area contributed by atoms with Crippen molar-refractivity contribution in [3.05, 3.63) is 47.8 Å². The monoisotopic (exact) mass is 348 g/mol. The second-order valence-electron chi connectivity index (χ2n) is 6.53. The van der Waals surface area contributed by atoms with Gasteiger partial charge in [-0.15, -0.1) is 0 Å². The summed E-state index contributed by atoms with van der Waals surface area (Å²) in [6, 6.07) is 7.08. The van der Waals surface area contributed by atoms with Crippen LogP contribution in [0.4, 0.5) is 0 Å². The molecule has 0 aliphatic carbocycles. The number of rotatable bonds is 6. The highest BCUT2D eigenvalue weighted by atomic mass is 32.2. The van der Waals surface area contributed by atoms with Crippen LogP contribution in [0, 0.1) is 12.8 Å². The molecule has 1 N–H and O–H groups in total. The van der Waals surface area contributed by atoms with Crippen LogP contribution in [0.3, 0.4) is 0 Å². The zero-order chi connectivity index (χ0) is 17.2. The van der Waals surface area contributed by atoms with Gasteiger partial charge in [0.15, 0.2) is 0 Å². The number of nitrogens with one attached hydrogen (secondary N) is 1. The molecule has 1 atom stereocenters. The molecule has 2 aromatic rings. The third-order valence-electron chi connectivity index (χ3n) is 4.48. The van der Waals surface area contributed by atoms with Gasteiger partial charge in [0.25, 0.3) is 0 Å². The third kappa shape index (κ3) is 4.03. The minimum Gasteiger partial charge on any atom is -0.299 e. The van der Waals surface area contributed by atoms with E-state index in [1.807, 2.05) is 38.5 Å². The van der Waals surface area contributed by atoms with Gasteiger partial charge < -0.3 is 0 Å². The van der Waals surface area contributed by atoms with Crippen molar-refractivity contribution in [3.8, 4) is 0 Å². The van der Waals surface area contributed by atoms with Crippen LogP contribution in [0.15, 0.2) is 41.6 Å². The summed E-state index contributed by atoms with van der Waals surface area (Å²) in [5.74, 6) is 0.348. The van der Waals surface area contributed by atoms with E-state index in [1.54, 1.807) is 16.8 Å². The van der Waals surface area contributed by atoms with E-state index in [9.17, 15) is 8.42 Å². The fourth-order valence-corrected chi connectivity index (χ4v) is 4.56. The fraction of sp³-hybridized carbons (Fsp3) is 0.471. The molecule has 24 heavy (non-hydrogen) atoms. The second-order valence-corrected chi connectivity index (χ2v) is 8.26. The van der Waals surface area contributed by atoms with E-state index in [0.717, 1.165) is 31.6 Å². The first-order chi connectivity index (χ1) is 11.4. The van der Waals surface area contributed by atoms with E-state index in [1.165, 1.54) is 5.56 Å². The molecule has 1 aromatic heterocycles. The maximum atomic E-state index is 12.4. The van der Waals surface area contributed by atoms with Crippen LogP contribution in [0.25, 0.3) is 0 Å². The summed E-state index contributed by atoms with van der Waals surface area (Å²) in [5, 5.41) is 4.19. The molecule has 2 heterocycles. The molecule has 7 heteroatoms. The average molecular weight is 348 g/mol. The summed E-state index contributed by atoms with van der Waals surface area (Å²) < 4.78 is 29.5. The van der Waals surface area contributed by atoms with Gasteiger partial charge in [0.2, 0.25) is 10.0 Å². The molecule has 0 bridgehead atoms. The summed E-state index contributed by atoms with van der Waals surface area (Å²) in [6.07, 6.45) is 4.92. The van der Waals surface area contributed by atoms with E-state index in [4.69, 9.17) is 0 Å². The SMILES string of the molecule is Cc1ccccc1S(=O)(=O)NC[C@@H]1CCN(Cc2cnn(C)c2)C1. The van der Waals surface area contributed by atoms with Gasteiger partial charge in [-0.2, -0.15) is 5.10 Å². The quantitative estimate of drug-likeness (QED) is 0.860. The van der Waals surface area contributed by atoms with Crippen LogP contribution in [0.1, 0.15) is 17.5 Å². The average Bonchev–Trinajstić information content (AvgIpc) is 3.15. The molecular formula is C17H24N4O2S. The molecule has 0 radical (unpaired) electrons. The summed E-state index contributed by atoms with van der Waals surface area (Å²) in [4.78, 5) is 2.72. The Hall–Kier alpha value is -1.70. The van der Waals surface area contributed by atoms with E-state index in [-0.39, 0.29) is 0 Å². The lowest BCUT2D eigenvalue weighted by atomic mass is 10.1. The van der Waals surface area contributed by atoms with Gasteiger partial charge >= 0.3 is 0 Å². The normalized spacial score (nSPS) is 19.0. The van der Waals surface area contributed by atoms with Gasteiger partial charge in [-0.25, -0.2) is 13.1 Å². The van der Waals surface area contributed by atoms with Gasteiger partial charge in [0, 0.05) is 38.4 Å². The van der Waals surface area contributed by atoms with E-state index in [2.05, 4.69) is 14.7 Å². The van der Waals surface area contributed by atoms with Crippen LogP contribution in [-0.2, 0) is 23.6 Å². The molecule has 1 aliphatic heterocycles. The van der Waals surface area contributed by atoms with Gasteiger partial charge in [-0.3, -0.25) is 9.58 Å². The van der Waals surface area contributed by atoms with Gasteiger partial charge in [0.1, 0.15) is 0 Å². The number of likely N-dealkylation sites (tertiary alicyclic amines) is 1. The molecule has 0 spiro atoms. The lowest BCUT2D eigenvalue weighted by Gasteiger charge is -2.16. The van der Waals surface area contributed by atoms with Crippen LogP contribution in [0.2, 0.25) is 0 Å². The Morgan fingerprint density at radius 3 is 2.83 bits per heavy atom. The van der Waals surface area contributed by atoms with E-state index >= 15 is 0 Å². The lowest BCUT2D eigenvalue weighted by Crippen LogP contribution is -2.31. The largest absolute Gasteiger partial charge is 0.299 e. The molecule has 1 aromatic carbocycles. The van der Waals surface area contributed by atoms with Crippen LogP contribution >= 0.6 is 0 Å². The highest BCUT2D eigenvalue weighted by molar-refractivity contribution is 7.89. The van der Waals surface area contributed by atoms with E-state index in [0.29, 0.717) is 17.4 Å². The van der Waals surface area contributed by atoms with Gasteiger partial charge in [-0.05, 0) is 37.4 Å². The molecule has 0 amide bonds. The Morgan fingerprint density at radius 2 is 2.12 bits per heavy atom. The van der Waals surface area contributed by atoms with Crippen LogP contribution < -0.4 is 4.72 Å². The standard InChI is InChI=1S/C17H24N4O2S/c1-14-5-3-4-6-17(14)24(22,23)19-10-15-7-8-21(12-15)13-16-9-18-20(2)11-16/h3-6,9,11,15,19H,7-8,10,12-13H2,1-2H3/t15-/m0/s1. The van der Waals surface area contributed by atoms with Crippen molar-refractivity contribution in [2.45, 2.75) is 24.8 Å². The molecular weight excluding hydrogens is 324 g/mol. The predicted octanol–water partition coefficient (Wildman–Crippen LogP) is 1.53. The summed E-state index contributed by atoms with van der Waals surface area (Å²) in [6.45, 7) is 5.08. The van der Waals surface area contributed by atoms with Crippen LogP contribution in [-0.4, -0.2) is 42.7 Å². The zero-order valence-corrected chi connectivity index (χ0v) is 15.0. The van der Waals surface area contributed by atoms with Crippen molar-refractivity contribution < 1.29 is 8.42 Å². The molecule has 130 valence electrons. The molecule has 1 aliphatic rings.